The zero-order valence-corrected chi connectivity index (χ0v) is 9.72. The Kier molecular flexibility index (Phi) is 3.55. The van der Waals surface area contributed by atoms with Crippen molar-refractivity contribution in [2.45, 2.75) is 4.90 Å². The van der Waals surface area contributed by atoms with E-state index >= 15 is 0 Å². The number of methoxy groups -OCH3 is 1. The number of nitrogens with zero attached hydrogens (tertiary/aromatic N) is 1. The van der Waals surface area contributed by atoms with E-state index in [1.165, 1.54) is 19.2 Å². The molecule has 1 aromatic carbocycles. The van der Waals surface area contributed by atoms with Crippen molar-refractivity contribution in [3.8, 4) is 6.07 Å². The third-order valence-electron chi connectivity index (χ3n) is 1.61. The fourth-order valence-electron chi connectivity index (χ4n) is 0.921. The third-order valence-corrected chi connectivity index (χ3v) is 2.64. The summed E-state index contributed by atoms with van der Waals surface area (Å²) in [4.78, 5) is 11.6. The largest absolute Gasteiger partial charge is 0.465 e. The highest BCUT2D eigenvalue weighted by Gasteiger charge is 2.12. The zero-order chi connectivity index (χ0) is 10.7. The van der Waals surface area contributed by atoms with Gasteiger partial charge in [0, 0.05) is 9.37 Å². The molecule has 0 radical (unpaired) electrons. The molecule has 5 heteroatoms. The van der Waals surface area contributed by atoms with Gasteiger partial charge in [0.05, 0.1) is 18.2 Å². The molecule has 0 atom stereocenters. The minimum atomic E-state index is -0.472. The van der Waals surface area contributed by atoms with Crippen LogP contribution in [0.3, 0.4) is 0 Å². The first kappa shape index (κ1) is 11.1. The lowest BCUT2D eigenvalue weighted by atomic mass is 10.1. The smallest absolute Gasteiger partial charge is 0.339 e. The lowest BCUT2D eigenvalue weighted by Crippen LogP contribution is -2.03. The molecule has 0 fully saturated rings. The molecule has 1 rings (SSSR count). The number of hydrogen-bond donors (Lipinski definition) is 1. The Hall–Kier alpha value is -0.990. The van der Waals surface area contributed by atoms with Crippen molar-refractivity contribution in [3.05, 3.63) is 27.7 Å². The third kappa shape index (κ3) is 2.08. The first-order chi connectivity index (χ1) is 6.60. The van der Waals surface area contributed by atoms with Crippen LogP contribution in [0.15, 0.2) is 21.5 Å². The summed E-state index contributed by atoms with van der Waals surface area (Å²) in [5.74, 6) is -0.472. The van der Waals surface area contributed by atoms with Gasteiger partial charge < -0.3 is 4.74 Å². The van der Waals surface area contributed by atoms with Gasteiger partial charge in [-0.3, -0.25) is 0 Å². The molecule has 0 bridgehead atoms. The molecular weight excluding hydrogens is 266 g/mol. The zero-order valence-electron chi connectivity index (χ0n) is 7.24. The van der Waals surface area contributed by atoms with E-state index in [2.05, 4.69) is 33.3 Å². The summed E-state index contributed by atoms with van der Waals surface area (Å²) < 4.78 is 5.11. The van der Waals surface area contributed by atoms with Crippen LogP contribution in [0.1, 0.15) is 15.9 Å². The van der Waals surface area contributed by atoms with Gasteiger partial charge in [-0.15, -0.1) is 12.6 Å². The number of carbonyl (C=O) groups is 1. The Labute approximate surface area is 95.2 Å². The van der Waals surface area contributed by atoms with Gasteiger partial charge in [-0.1, -0.05) is 0 Å². The molecule has 0 saturated carbocycles. The number of thiol groups is 1. The first-order valence-electron chi connectivity index (χ1n) is 3.61. The van der Waals surface area contributed by atoms with E-state index < -0.39 is 5.97 Å². The predicted molar refractivity (Wildman–Crippen MR) is 57.4 cm³/mol. The Bertz CT molecular complexity index is 426. The second-order valence-corrected chi connectivity index (χ2v) is 3.79. The molecule has 3 nitrogen and oxygen atoms in total. The minimum Gasteiger partial charge on any atom is -0.465 e. The number of carbonyl (C=O) groups excluding carboxylic acids is 1. The second kappa shape index (κ2) is 4.49. The first-order valence-corrected chi connectivity index (χ1v) is 4.85. The molecule has 0 aromatic heterocycles. The van der Waals surface area contributed by atoms with Crippen molar-refractivity contribution in [1.82, 2.24) is 0 Å². The quantitative estimate of drug-likeness (QED) is 0.630. The van der Waals surface area contributed by atoms with E-state index in [4.69, 9.17) is 5.26 Å². The SMILES string of the molecule is COC(=O)c1cc(Br)c(C#N)cc1S. The summed E-state index contributed by atoms with van der Waals surface area (Å²) in [6, 6.07) is 5.01. The minimum absolute atomic E-state index is 0.335. The molecule has 0 aliphatic carbocycles. The molecule has 0 aliphatic rings. The van der Waals surface area contributed by atoms with Crippen molar-refractivity contribution < 1.29 is 9.53 Å². The normalized spacial score (nSPS) is 9.29. The lowest BCUT2D eigenvalue weighted by molar-refractivity contribution is 0.0597. The number of nitriles is 1. The monoisotopic (exact) mass is 271 g/mol. The Morgan fingerprint density at radius 1 is 1.64 bits per heavy atom. The Balaban J connectivity index is 3.30. The summed E-state index contributed by atoms with van der Waals surface area (Å²) in [6.07, 6.45) is 0. The summed E-state index contributed by atoms with van der Waals surface area (Å²) in [5.41, 5.74) is 0.768. The maximum Gasteiger partial charge on any atom is 0.339 e. The molecule has 0 spiro atoms. The maximum atomic E-state index is 11.2. The Morgan fingerprint density at radius 3 is 2.79 bits per heavy atom. The highest BCUT2D eigenvalue weighted by Crippen LogP contribution is 2.24. The molecule has 0 N–H and O–H groups in total. The van der Waals surface area contributed by atoms with Crippen molar-refractivity contribution in [2.75, 3.05) is 7.11 Å². The topological polar surface area (TPSA) is 50.1 Å². The fraction of sp³-hybridized carbons (Fsp3) is 0.111. The molecule has 14 heavy (non-hydrogen) atoms. The Morgan fingerprint density at radius 2 is 2.29 bits per heavy atom. The molecule has 72 valence electrons. The summed E-state index contributed by atoms with van der Waals surface area (Å²) >= 11 is 7.26. The van der Waals surface area contributed by atoms with Gasteiger partial charge in [-0.25, -0.2) is 4.79 Å². The van der Waals surface area contributed by atoms with E-state index in [0.29, 0.717) is 20.5 Å². The van der Waals surface area contributed by atoms with Crippen LogP contribution in [0.5, 0.6) is 0 Å². The van der Waals surface area contributed by atoms with Crippen LogP contribution in [-0.2, 0) is 4.74 Å². The maximum absolute atomic E-state index is 11.2. The van der Waals surface area contributed by atoms with Gasteiger partial charge in [0.15, 0.2) is 0 Å². The van der Waals surface area contributed by atoms with Crippen molar-refractivity contribution in [3.63, 3.8) is 0 Å². The van der Waals surface area contributed by atoms with E-state index in [1.807, 2.05) is 6.07 Å². The van der Waals surface area contributed by atoms with Gasteiger partial charge in [0.1, 0.15) is 6.07 Å². The van der Waals surface area contributed by atoms with Gasteiger partial charge in [-0.2, -0.15) is 5.26 Å². The molecule has 0 aliphatic heterocycles. The predicted octanol–water partition coefficient (Wildman–Crippen LogP) is 2.40. The van der Waals surface area contributed by atoms with Crippen LogP contribution in [0.2, 0.25) is 0 Å². The summed E-state index contributed by atoms with van der Waals surface area (Å²) in [5, 5.41) is 8.70. The van der Waals surface area contributed by atoms with E-state index in [0.717, 1.165) is 0 Å². The second-order valence-electron chi connectivity index (χ2n) is 2.45. The average molecular weight is 272 g/mol. The lowest BCUT2D eigenvalue weighted by Gasteiger charge is -2.04. The van der Waals surface area contributed by atoms with Crippen molar-refractivity contribution in [2.24, 2.45) is 0 Å². The highest BCUT2D eigenvalue weighted by molar-refractivity contribution is 9.10. The van der Waals surface area contributed by atoms with Gasteiger partial charge in [-0.05, 0) is 28.1 Å². The number of rotatable bonds is 1. The number of ether oxygens (including phenoxy) is 1. The van der Waals surface area contributed by atoms with Crippen molar-refractivity contribution >= 4 is 34.5 Å². The highest BCUT2D eigenvalue weighted by atomic mass is 79.9. The van der Waals surface area contributed by atoms with Crippen LogP contribution in [0, 0.1) is 11.3 Å². The van der Waals surface area contributed by atoms with Crippen LogP contribution in [0.4, 0.5) is 0 Å². The average Bonchev–Trinajstić information content (AvgIpc) is 2.19. The number of esters is 1. The molecule has 1 aromatic rings. The van der Waals surface area contributed by atoms with E-state index in [9.17, 15) is 4.79 Å². The van der Waals surface area contributed by atoms with Gasteiger partial charge in [0.2, 0.25) is 0 Å². The number of hydrogen-bond acceptors (Lipinski definition) is 4. The molecule has 0 amide bonds. The number of benzene rings is 1. The molecule has 0 unspecified atom stereocenters. The van der Waals surface area contributed by atoms with Gasteiger partial charge in [0.25, 0.3) is 0 Å². The number of halogens is 1. The summed E-state index contributed by atoms with van der Waals surface area (Å²) in [7, 11) is 1.29. The molecule has 0 saturated heterocycles. The van der Waals surface area contributed by atoms with Gasteiger partial charge >= 0.3 is 5.97 Å². The fourth-order valence-corrected chi connectivity index (χ4v) is 1.64. The molecular formula is C9H6BrNO2S. The van der Waals surface area contributed by atoms with Crippen LogP contribution in [0.25, 0.3) is 0 Å². The van der Waals surface area contributed by atoms with Crippen LogP contribution in [-0.4, -0.2) is 13.1 Å². The molecule has 0 heterocycles. The van der Waals surface area contributed by atoms with E-state index in [1.54, 1.807) is 0 Å². The van der Waals surface area contributed by atoms with E-state index in [-0.39, 0.29) is 0 Å². The summed E-state index contributed by atoms with van der Waals surface area (Å²) in [6.45, 7) is 0. The van der Waals surface area contributed by atoms with Crippen LogP contribution >= 0.6 is 28.6 Å². The van der Waals surface area contributed by atoms with Crippen LogP contribution < -0.4 is 0 Å². The standard InChI is InChI=1S/C9H6BrNO2S/c1-13-9(12)6-3-7(10)5(4-11)2-8(6)14/h2-3,14H,1H3. The van der Waals surface area contributed by atoms with Crippen molar-refractivity contribution in [1.29, 1.82) is 5.26 Å².